The fraction of sp³-hybridized carbons (Fsp3) is 0.286. The second kappa shape index (κ2) is 41.8. The summed E-state index contributed by atoms with van der Waals surface area (Å²) in [5, 5.41) is 5.73. The van der Waals surface area contributed by atoms with E-state index in [1.165, 1.54) is 79.5 Å². The fourth-order valence-electron chi connectivity index (χ4n) is 9.34. The largest absolute Gasteiger partial charge is 0.495 e. The average Bonchev–Trinajstić information content (AvgIpc) is 1.61. The number of Topliss-reactive ketones (excluding diaryl/α,β-unsaturated/α-hetero) is 1. The molecule has 12 rings (SSSR count). The number of carbonyl (C=O) groups is 4. The number of allylic oxidation sites excluding steroid dienone is 1. The van der Waals surface area contributed by atoms with Crippen molar-refractivity contribution in [2.24, 2.45) is 0 Å². The van der Waals surface area contributed by atoms with Crippen molar-refractivity contribution in [1.82, 2.24) is 89.6 Å². The van der Waals surface area contributed by atoms with Crippen LogP contribution in [-0.4, -0.2) is 193 Å². The molecule has 1 fully saturated rings. The van der Waals surface area contributed by atoms with E-state index in [4.69, 9.17) is 100 Å². The molecule has 0 aliphatic carbocycles. The van der Waals surface area contributed by atoms with Gasteiger partial charge in [-0.25, -0.2) is 94.3 Å². The minimum Gasteiger partial charge on any atom is -0.493 e. The van der Waals surface area contributed by atoms with Crippen molar-refractivity contribution in [3.63, 3.8) is 0 Å². The van der Waals surface area contributed by atoms with Gasteiger partial charge < -0.3 is 70.3 Å². The number of nitrogens with zero attached hydrogens (tertiary/aromatic N) is 18. The number of amides is 2. The van der Waals surface area contributed by atoms with Crippen LogP contribution >= 0.6 is 34.8 Å². The van der Waals surface area contributed by atoms with Gasteiger partial charge in [-0.1, -0.05) is 23.2 Å². The Kier molecular flexibility index (Phi) is 32.6. The Labute approximate surface area is 695 Å². The minimum absolute atomic E-state index is 0.116. The summed E-state index contributed by atoms with van der Waals surface area (Å²) in [7, 11) is 10.6. The number of pyridine rings is 5. The summed E-state index contributed by atoms with van der Waals surface area (Å²) >= 11 is 17.0. The Morgan fingerprint density at radius 3 is 1.29 bits per heavy atom. The van der Waals surface area contributed by atoms with Gasteiger partial charge in [-0.15, -0.1) is 0 Å². The Balaban J connectivity index is 0.000000198. The third kappa shape index (κ3) is 27.7. The first-order valence-electron chi connectivity index (χ1n) is 35.2. The van der Waals surface area contributed by atoms with Crippen LogP contribution in [0.25, 0.3) is 56.9 Å². The zero-order valence-corrected chi connectivity index (χ0v) is 70.0. The number of nitrogen functional groups attached to an aromatic ring is 4. The lowest BCUT2D eigenvalue weighted by Gasteiger charge is -2.32. The zero-order valence-electron chi connectivity index (χ0n) is 67.7. The number of aromatic nitrogens is 17. The second-order valence-corrected chi connectivity index (χ2v) is 28.6. The Bertz CT molecular complexity index is 5320. The lowest BCUT2D eigenvalue weighted by atomic mass is 9.80. The summed E-state index contributed by atoms with van der Waals surface area (Å²) in [4.78, 5) is 118. The lowest BCUT2D eigenvalue weighted by Crippen LogP contribution is -2.41. The smallest absolute Gasteiger partial charge is 0.493 e. The average molecular weight is 1670 g/mol. The third-order valence-corrected chi connectivity index (χ3v) is 16.2. The number of rotatable bonds is 17. The molecule has 1 saturated heterocycles. The van der Waals surface area contributed by atoms with E-state index in [-0.39, 0.29) is 44.5 Å². The third-order valence-electron chi connectivity index (χ3n) is 15.5. The molecule has 0 saturated carbocycles. The van der Waals surface area contributed by atoms with Crippen LogP contribution in [0, 0.1) is 0 Å². The van der Waals surface area contributed by atoms with Gasteiger partial charge in [-0.3, -0.25) is 20.2 Å². The molecule has 12 heterocycles. The number of halogens is 3. The fourth-order valence-corrected chi connectivity index (χ4v) is 9.93. The lowest BCUT2D eigenvalue weighted by molar-refractivity contribution is 0.00578. The summed E-state index contributed by atoms with van der Waals surface area (Å²) < 4.78 is 47.7. The van der Waals surface area contributed by atoms with E-state index >= 15 is 0 Å². The Hall–Kier alpha value is -13.3. The summed E-state index contributed by atoms with van der Waals surface area (Å²) in [6.45, 7) is 20.2. The summed E-state index contributed by atoms with van der Waals surface area (Å²) in [5.41, 5.74) is 25.7. The van der Waals surface area contributed by atoms with Gasteiger partial charge in [-0.2, -0.15) is 0 Å². The van der Waals surface area contributed by atoms with E-state index in [0.29, 0.717) is 109 Å². The van der Waals surface area contributed by atoms with Crippen LogP contribution < -0.4 is 62.7 Å². The topological polar surface area (TPSA) is 502 Å². The molecular formula is C77H88BCl3N24O13. The van der Waals surface area contributed by atoms with Gasteiger partial charge in [-0.05, 0) is 153 Å². The molecule has 37 nitrogen and oxygen atoms in total. The number of hydrogen-bond donors (Lipinski definition) is 6. The molecule has 118 heavy (non-hydrogen) atoms. The van der Waals surface area contributed by atoms with E-state index < -0.39 is 41.7 Å². The zero-order chi connectivity index (χ0) is 86.8. The first-order chi connectivity index (χ1) is 55.7. The number of nitrogens with two attached hydrogens (primary N) is 4. The van der Waals surface area contributed by atoms with Crippen molar-refractivity contribution in [3.8, 4) is 85.7 Å². The number of ether oxygens (including phenoxy) is 7. The number of nitrogens with one attached hydrogen (secondary N) is 2. The molecule has 0 bridgehead atoms. The van der Waals surface area contributed by atoms with Gasteiger partial charge in [0, 0.05) is 92.7 Å². The highest BCUT2D eigenvalue weighted by Gasteiger charge is 2.52. The van der Waals surface area contributed by atoms with Crippen molar-refractivity contribution in [3.05, 3.63) is 174 Å². The molecule has 0 radical (unpaired) electrons. The molecule has 0 spiro atoms. The van der Waals surface area contributed by atoms with Gasteiger partial charge in [0.15, 0.2) is 79.5 Å². The summed E-state index contributed by atoms with van der Waals surface area (Å²) in [5.74, 6) is 5.21. The maximum atomic E-state index is 12.3. The predicted molar refractivity (Wildman–Crippen MR) is 446 cm³/mol. The molecule has 2 amide bonds. The van der Waals surface area contributed by atoms with Crippen LogP contribution in [0.5, 0.6) is 28.7 Å². The van der Waals surface area contributed by atoms with Crippen LogP contribution in [0.2, 0.25) is 15.6 Å². The highest BCUT2D eigenvalue weighted by Crippen LogP contribution is 2.37. The maximum Gasteiger partial charge on any atom is 0.495 e. The van der Waals surface area contributed by atoms with Crippen molar-refractivity contribution in [2.75, 3.05) is 83.2 Å². The highest BCUT2D eigenvalue weighted by molar-refractivity contribution is 6.62. The predicted octanol–water partition coefficient (Wildman–Crippen LogP) is 12.0. The quantitative estimate of drug-likeness (QED) is 0.0162. The number of hydrogen-bond acceptors (Lipinski definition) is 35. The van der Waals surface area contributed by atoms with E-state index in [1.54, 1.807) is 150 Å². The van der Waals surface area contributed by atoms with E-state index in [9.17, 15) is 19.2 Å². The summed E-state index contributed by atoms with van der Waals surface area (Å²) in [6.07, 6.45) is 18.8. The van der Waals surface area contributed by atoms with Crippen LogP contribution in [-0.2, 0) is 18.8 Å². The molecule has 0 atom stereocenters. The molecule has 1 aliphatic heterocycles. The molecular weight excluding hydrogens is 1590 g/mol. The molecule has 10 N–H and O–H groups in total. The number of ketones is 2. The highest BCUT2D eigenvalue weighted by atomic mass is 35.5. The first-order valence-corrected chi connectivity index (χ1v) is 36.3. The number of anilines is 6. The van der Waals surface area contributed by atoms with Gasteiger partial charge >= 0.3 is 19.3 Å². The molecule has 41 heteroatoms. The van der Waals surface area contributed by atoms with Gasteiger partial charge in [0.05, 0.1) is 83.4 Å². The summed E-state index contributed by atoms with van der Waals surface area (Å²) in [6, 6.07) is 18.8. The van der Waals surface area contributed by atoms with E-state index in [1.807, 2.05) is 47.9 Å². The van der Waals surface area contributed by atoms with Crippen LogP contribution in [0.15, 0.2) is 147 Å². The Morgan fingerprint density at radius 1 is 0.466 bits per heavy atom. The maximum absolute atomic E-state index is 12.3. The van der Waals surface area contributed by atoms with Crippen LogP contribution in [0.1, 0.15) is 97.1 Å². The standard InChI is InChI=1S/C16H25BN2O4.C15H17ClN4O3.C15H17N5O2.C14H13N7O.C12H12N4O2.C5H4Cl2N2O/c1-14(2,3)21-13(20)19-12-10-11(8-9-18-12)17-22-15(4,5)16(6,7)23-17;1-15(2,3)23-14(21)19-11-7-9(5-6-17-11)13-18-8-10(22-4)12(16)20-13;1-20(2)7-5-11(21)14-12(22-3)9-18-15(19-14)10-4-6-17-13(16)8-10;1-22-10-7-19-13(8-2-4-17-11(15)6-8)21-12(10)9-3-5-18-14(16)20-9;1-7(17)11-9(18-2)6-15-12(16-11)8-3-4-14-10(13)5-8;1-10-3-2-8-5(7)9-4(3)6/h8-10H,1-7H3,(H,18,19,20);5-8H,1-4H3,(H,17,19,21);4-9H,1-3H3,(H2,16,17);2-7H,1H3,(H2,15,17)(H2,16,18,20);3-6H,1-2H3,(H2,13,14);2H,1H3/b;;7-5+;;;. The van der Waals surface area contributed by atoms with E-state index in [0.717, 1.165) is 11.0 Å². The van der Waals surface area contributed by atoms with Crippen molar-refractivity contribution in [2.45, 2.75) is 98.6 Å². The molecule has 11 aromatic heterocycles. The molecule has 11 aromatic rings. The van der Waals surface area contributed by atoms with Crippen molar-refractivity contribution in [1.29, 1.82) is 0 Å². The van der Waals surface area contributed by atoms with Crippen molar-refractivity contribution < 1.29 is 61.6 Å². The SMILES string of the molecule is CC(C)(C)OC(=O)Nc1cc(B2OC(C)(C)C(C)(C)O2)ccn1.COc1cnc(-c2ccnc(N)c2)nc1-c1ccnc(N)n1.COc1cnc(-c2ccnc(N)c2)nc1C(=O)/C=C/N(C)C.COc1cnc(-c2ccnc(N)c2)nc1C(C)=O.COc1cnc(-c2ccnc(NC(=O)OC(C)(C)C)c2)nc1Cl.COc1cnc(Cl)nc1Cl. The minimum atomic E-state index is -0.589. The molecule has 0 aromatic carbocycles. The monoisotopic (exact) mass is 1670 g/mol. The van der Waals surface area contributed by atoms with Gasteiger partial charge in [0.25, 0.3) is 0 Å². The number of methoxy groups -OCH3 is 5. The number of carbonyl (C=O) groups excluding carboxylic acids is 4. The van der Waals surface area contributed by atoms with Crippen LogP contribution in [0.4, 0.5) is 44.6 Å². The molecule has 0 unspecified atom stereocenters. The van der Waals surface area contributed by atoms with Crippen LogP contribution in [0.3, 0.4) is 0 Å². The normalized spacial score (nSPS) is 12.2. The van der Waals surface area contributed by atoms with Gasteiger partial charge in [0.1, 0.15) is 46.0 Å². The van der Waals surface area contributed by atoms with E-state index in [2.05, 4.69) is 95.4 Å². The molecule has 1 aliphatic rings. The second-order valence-electron chi connectivity index (χ2n) is 27.5. The van der Waals surface area contributed by atoms with Gasteiger partial charge in [0.2, 0.25) is 17.0 Å². The first kappa shape index (κ1) is 91.9. The molecule has 618 valence electrons. The Morgan fingerprint density at radius 2 is 0.856 bits per heavy atom. The van der Waals surface area contributed by atoms with Crippen molar-refractivity contribution >= 4 is 106 Å².